The first-order valence-corrected chi connectivity index (χ1v) is 5.56. The van der Waals surface area contributed by atoms with Crippen molar-refractivity contribution in [1.82, 2.24) is 0 Å². The van der Waals surface area contributed by atoms with Crippen LogP contribution in [0.1, 0.15) is 6.42 Å². The highest BCUT2D eigenvalue weighted by molar-refractivity contribution is 5.89. The number of carbonyl (C=O) groups excluding carboxylic acids is 1. The zero-order chi connectivity index (χ0) is 13.0. The van der Waals surface area contributed by atoms with E-state index in [2.05, 4.69) is 0 Å². The Morgan fingerprint density at radius 2 is 2.33 bits per heavy atom. The monoisotopic (exact) mass is 251 g/mol. The molecule has 1 N–H and O–H groups in total. The van der Waals surface area contributed by atoms with Crippen molar-refractivity contribution in [1.29, 1.82) is 0 Å². The number of carboxylic acids is 1. The topological polar surface area (TPSA) is 76.1 Å². The fraction of sp³-hybridized carbons (Fsp3) is 0.333. The average Bonchev–Trinajstić information content (AvgIpc) is 2.75. The Morgan fingerprint density at radius 1 is 1.50 bits per heavy atom. The molecule has 1 heterocycles. The second-order valence-electron chi connectivity index (χ2n) is 3.76. The van der Waals surface area contributed by atoms with Gasteiger partial charge in [0.15, 0.2) is 0 Å². The van der Waals surface area contributed by atoms with Crippen LogP contribution >= 0.6 is 0 Å². The van der Waals surface area contributed by atoms with Crippen LogP contribution in [-0.2, 0) is 9.53 Å². The van der Waals surface area contributed by atoms with Crippen LogP contribution in [-0.4, -0.2) is 36.9 Å². The maximum Gasteiger partial charge on any atom is 0.414 e. The van der Waals surface area contributed by atoms with Gasteiger partial charge < -0.3 is 14.6 Å². The van der Waals surface area contributed by atoms with Gasteiger partial charge in [-0.1, -0.05) is 6.07 Å². The van der Waals surface area contributed by atoms with Gasteiger partial charge in [0.2, 0.25) is 0 Å². The molecule has 1 aromatic carbocycles. The first-order valence-electron chi connectivity index (χ1n) is 5.56. The Hall–Kier alpha value is -2.24. The summed E-state index contributed by atoms with van der Waals surface area (Å²) >= 11 is 0. The van der Waals surface area contributed by atoms with Crippen LogP contribution in [0.3, 0.4) is 0 Å². The van der Waals surface area contributed by atoms with Crippen molar-refractivity contribution < 1.29 is 24.2 Å². The van der Waals surface area contributed by atoms with Crippen molar-refractivity contribution in [2.45, 2.75) is 6.42 Å². The maximum atomic E-state index is 11.4. The highest BCUT2D eigenvalue weighted by atomic mass is 16.6. The van der Waals surface area contributed by atoms with Crippen LogP contribution in [0.4, 0.5) is 10.5 Å². The normalized spacial score (nSPS) is 14.4. The molecule has 6 nitrogen and oxygen atoms in total. The van der Waals surface area contributed by atoms with Crippen molar-refractivity contribution in [2.75, 3.05) is 24.7 Å². The summed E-state index contributed by atoms with van der Waals surface area (Å²) in [5.41, 5.74) is 0.685. The Bertz CT molecular complexity index is 460. The number of nitrogens with zero attached hydrogens (tertiary/aromatic N) is 1. The number of hydrogen-bond acceptors (Lipinski definition) is 4. The molecule has 1 aliphatic rings. The van der Waals surface area contributed by atoms with E-state index in [0.717, 1.165) is 0 Å². The lowest BCUT2D eigenvalue weighted by atomic mass is 10.3. The summed E-state index contributed by atoms with van der Waals surface area (Å²) in [5.74, 6) is -0.372. The van der Waals surface area contributed by atoms with Gasteiger partial charge >= 0.3 is 12.1 Å². The van der Waals surface area contributed by atoms with Crippen molar-refractivity contribution in [2.24, 2.45) is 0 Å². The van der Waals surface area contributed by atoms with Crippen LogP contribution < -0.4 is 9.64 Å². The zero-order valence-corrected chi connectivity index (χ0v) is 9.67. The number of carbonyl (C=O) groups is 2. The number of rotatable bonds is 5. The highest BCUT2D eigenvalue weighted by Crippen LogP contribution is 2.23. The third-order valence-electron chi connectivity index (χ3n) is 2.47. The summed E-state index contributed by atoms with van der Waals surface area (Å²) in [7, 11) is 0. The molecule has 0 spiro atoms. The minimum atomic E-state index is -0.908. The van der Waals surface area contributed by atoms with Gasteiger partial charge in [0.25, 0.3) is 0 Å². The number of benzene rings is 1. The van der Waals surface area contributed by atoms with Crippen LogP contribution in [0.2, 0.25) is 0 Å². The maximum absolute atomic E-state index is 11.4. The van der Waals surface area contributed by atoms with Crippen molar-refractivity contribution in [3.63, 3.8) is 0 Å². The van der Waals surface area contributed by atoms with Gasteiger partial charge in [-0.15, -0.1) is 0 Å². The number of anilines is 1. The average molecular weight is 251 g/mol. The molecule has 0 unspecified atom stereocenters. The molecule has 0 atom stereocenters. The molecule has 1 aromatic rings. The first kappa shape index (κ1) is 12.2. The molecule has 0 aliphatic carbocycles. The van der Waals surface area contributed by atoms with E-state index < -0.39 is 5.97 Å². The molecule has 96 valence electrons. The van der Waals surface area contributed by atoms with Gasteiger partial charge in [-0.05, 0) is 12.1 Å². The molecule has 0 aromatic heterocycles. The molecule has 1 aliphatic heterocycles. The Balaban J connectivity index is 2.00. The van der Waals surface area contributed by atoms with Gasteiger partial charge in [0, 0.05) is 6.07 Å². The summed E-state index contributed by atoms with van der Waals surface area (Å²) < 4.78 is 10.1. The van der Waals surface area contributed by atoms with E-state index in [9.17, 15) is 9.59 Å². The molecule has 0 bridgehead atoms. The Morgan fingerprint density at radius 3 is 3.00 bits per heavy atom. The summed E-state index contributed by atoms with van der Waals surface area (Å²) in [6.45, 7) is 0.990. The predicted octanol–water partition coefficient (Wildman–Crippen LogP) is 1.50. The SMILES string of the molecule is O=C(O)CCOc1cccc(N2CCOC2=O)c1. The van der Waals surface area contributed by atoms with E-state index in [4.69, 9.17) is 14.6 Å². The number of hydrogen-bond donors (Lipinski definition) is 1. The lowest BCUT2D eigenvalue weighted by Gasteiger charge is -2.14. The van der Waals surface area contributed by atoms with Gasteiger partial charge in [-0.2, -0.15) is 0 Å². The second-order valence-corrected chi connectivity index (χ2v) is 3.76. The molecule has 6 heteroatoms. The van der Waals surface area contributed by atoms with Gasteiger partial charge in [-0.3, -0.25) is 9.69 Å². The van der Waals surface area contributed by atoms with Crippen LogP contribution in [0, 0.1) is 0 Å². The summed E-state index contributed by atoms with van der Waals surface area (Å²) in [4.78, 5) is 23.2. The van der Waals surface area contributed by atoms with Crippen molar-refractivity contribution in [3.8, 4) is 5.75 Å². The number of carboxylic acid groups (broad SMARTS) is 1. The summed E-state index contributed by atoms with van der Waals surface area (Å²) in [5, 5.41) is 8.50. The summed E-state index contributed by atoms with van der Waals surface area (Å²) in [6, 6.07) is 6.93. The molecular weight excluding hydrogens is 238 g/mol. The molecule has 2 rings (SSSR count). The van der Waals surface area contributed by atoms with Gasteiger partial charge in [0.1, 0.15) is 12.4 Å². The fourth-order valence-corrected chi connectivity index (χ4v) is 1.63. The molecule has 0 saturated carbocycles. The van der Waals surface area contributed by atoms with Crippen LogP contribution in [0.25, 0.3) is 0 Å². The smallest absolute Gasteiger partial charge is 0.414 e. The molecule has 18 heavy (non-hydrogen) atoms. The van der Waals surface area contributed by atoms with E-state index in [1.807, 2.05) is 0 Å². The van der Waals surface area contributed by atoms with Crippen LogP contribution in [0.15, 0.2) is 24.3 Å². The van der Waals surface area contributed by atoms with Crippen molar-refractivity contribution in [3.05, 3.63) is 24.3 Å². The lowest BCUT2D eigenvalue weighted by molar-refractivity contribution is -0.137. The third-order valence-corrected chi connectivity index (χ3v) is 2.47. The first-order chi connectivity index (χ1) is 8.66. The lowest BCUT2D eigenvalue weighted by Crippen LogP contribution is -2.23. The van der Waals surface area contributed by atoms with E-state index in [1.54, 1.807) is 24.3 Å². The van der Waals surface area contributed by atoms with Crippen LogP contribution in [0.5, 0.6) is 5.75 Å². The fourth-order valence-electron chi connectivity index (χ4n) is 1.63. The number of aliphatic carboxylic acids is 1. The molecule has 0 radical (unpaired) electrons. The van der Waals surface area contributed by atoms with E-state index in [0.29, 0.717) is 24.6 Å². The van der Waals surface area contributed by atoms with Gasteiger partial charge in [0.05, 0.1) is 25.3 Å². The van der Waals surface area contributed by atoms with Crippen molar-refractivity contribution >= 4 is 17.7 Å². The minimum absolute atomic E-state index is 0.0595. The third kappa shape index (κ3) is 2.91. The highest BCUT2D eigenvalue weighted by Gasteiger charge is 2.23. The van der Waals surface area contributed by atoms with E-state index in [1.165, 1.54) is 4.90 Å². The zero-order valence-electron chi connectivity index (χ0n) is 9.67. The van der Waals surface area contributed by atoms with E-state index in [-0.39, 0.29) is 19.1 Å². The largest absolute Gasteiger partial charge is 0.493 e. The minimum Gasteiger partial charge on any atom is -0.493 e. The summed E-state index contributed by atoms with van der Waals surface area (Å²) in [6.07, 6.45) is -0.437. The Labute approximate surface area is 104 Å². The number of amides is 1. The molecular formula is C12H13NO5. The molecule has 1 saturated heterocycles. The second kappa shape index (κ2) is 5.39. The van der Waals surface area contributed by atoms with Gasteiger partial charge in [-0.25, -0.2) is 4.79 Å². The number of cyclic esters (lactones) is 1. The quantitative estimate of drug-likeness (QED) is 0.858. The Kier molecular flexibility index (Phi) is 3.66. The predicted molar refractivity (Wildman–Crippen MR) is 62.9 cm³/mol. The van der Waals surface area contributed by atoms with E-state index >= 15 is 0 Å². The molecule has 1 amide bonds. The standard InChI is InChI=1S/C12H13NO5/c14-11(15)4-6-17-10-3-1-2-9(8-10)13-5-7-18-12(13)16/h1-3,8H,4-7H2,(H,14,15). The number of ether oxygens (including phenoxy) is 2. The molecule has 1 fully saturated rings.